The standard InChI is InChI=1S/C18H18FNO4/c1-3-16(24-15-10-6-13(19)7-11-15)17(21)20-14-8-4-12(5-9-14)18(22)23-2/h4-11,16H,3H2,1-2H3,(H,20,21). The normalized spacial score (nSPS) is 11.5. The predicted octanol–water partition coefficient (Wildman–Crippen LogP) is 3.41. The third-order valence-electron chi connectivity index (χ3n) is 3.33. The quantitative estimate of drug-likeness (QED) is 0.824. The van der Waals surface area contributed by atoms with Crippen LogP contribution in [0.25, 0.3) is 0 Å². The highest BCUT2D eigenvalue weighted by atomic mass is 19.1. The van der Waals surface area contributed by atoms with Crippen LogP contribution in [0.5, 0.6) is 5.75 Å². The number of methoxy groups -OCH3 is 1. The van der Waals surface area contributed by atoms with E-state index in [1.807, 2.05) is 6.92 Å². The largest absolute Gasteiger partial charge is 0.481 e. The van der Waals surface area contributed by atoms with E-state index in [4.69, 9.17) is 4.74 Å². The Kier molecular flexibility index (Phi) is 5.89. The molecule has 1 atom stereocenters. The summed E-state index contributed by atoms with van der Waals surface area (Å²) < 4.78 is 23.1. The van der Waals surface area contributed by atoms with Crippen molar-refractivity contribution in [1.82, 2.24) is 0 Å². The van der Waals surface area contributed by atoms with Gasteiger partial charge in [-0.3, -0.25) is 4.79 Å². The number of anilines is 1. The highest BCUT2D eigenvalue weighted by molar-refractivity contribution is 5.95. The second-order valence-corrected chi connectivity index (χ2v) is 5.03. The smallest absolute Gasteiger partial charge is 0.337 e. The Bertz CT molecular complexity index is 698. The van der Waals surface area contributed by atoms with Crippen molar-refractivity contribution >= 4 is 17.6 Å². The Hall–Kier alpha value is -2.89. The van der Waals surface area contributed by atoms with Gasteiger partial charge in [0, 0.05) is 5.69 Å². The molecule has 2 aromatic rings. The predicted molar refractivity (Wildman–Crippen MR) is 87.5 cm³/mol. The van der Waals surface area contributed by atoms with Gasteiger partial charge in [-0.2, -0.15) is 0 Å². The molecule has 0 saturated heterocycles. The van der Waals surface area contributed by atoms with Crippen molar-refractivity contribution in [2.75, 3.05) is 12.4 Å². The highest BCUT2D eigenvalue weighted by Gasteiger charge is 2.18. The fraction of sp³-hybridized carbons (Fsp3) is 0.222. The monoisotopic (exact) mass is 331 g/mol. The van der Waals surface area contributed by atoms with Gasteiger partial charge in [-0.1, -0.05) is 6.92 Å². The molecular formula is C18H18FNO4. The van der Waals surface area contributed by atoms with E-state index in [9.17, 15) is 14.0 Å². The van der Waals surface area contributed by atoms with Crippen LogP contribution in [-0.2, 0) is 9.53 Å². The number of benzene rings is 2. The summed E-state index contributed by atoms with van der Waals surface area (Å²) in [5, 5.41) is 2.72. The Morgan fingerprint density at radius 2 is 1.71 bits per heavy atom. The lowest BCUT2D eigenvalue weighted by molar-refractivity contribution is -0.122. The molecule has 0 radical (unpaired) electrons. The van der Waals surface area contributed by atoms with E-state index in [-0.39, 0.29) is 11.7 Å². The summed E-state index contributed by atoms with van der Waals surface area (Å²) in [5.74, 6) is -0.725. The molecule has 0 aliphatic carbocycles. The zero-order chi connectivity index (χ0) is 17.5. The van der Waals surface area contributed by atoms with Crippen LogP contribution in [-0.4, -0.2) is 25.1 Å². The number of rotatable bonds is 6. The van der Waals surface area contributed by atoms with Crippen LogP contribution in [0.1, 0.15) is 23.7 Å². The van der Waals surface area contributed by atoms with Gasteiger partial charge in [0.25, 0.3) is 5.91 Å². The van der Waals surface area contributed by atoms with Gasteiger partial charge in [0.1, 0.15) is 11.6 Å². The molecule has 0 aliphatic heterocycles. The minimum Gasteiger partial charge on any atom is -0.481 e. The molecule has 2 aromatic carbocycles. The van der Waals surface area contributed by atoms with Gasteiger partial charge in [-0.15, -0.1) is 0 Å². The van der Waals surface area contributed by atoms with E-state index in [1.165, 1.54) is 31.4 Å². The Labute approximate surface area is 139 Å². The van der Waals surface area contributed by atoms with E-state index in [0.717, 1.165) is 0 Å². The molecule has 0 fully saturated rings. The summed E-state index contributed by atoms with van der Waals surface area (Å²) >= 11 is 0. The lowest BCUT2D eigenvalue weighted by atomic mass is 10.2. The minimum absolute atomic E-state index is 0.326. The first-order chi connectivity index (χ1) is 11.5. The van der Waals surface area contributed by atoms with Crippen LogP contribution >= 0.6 is 0 Å². The first-order valence-corrected chi connectivity index (χ1v) is 7.45. The second kappa shape index (κ2) is 8.10. The minimum atomic E-state index is -0.712. The maximum absolute atomic E-state index is 12.9. The average Bonchev–Trinajstić information content (AvgIpc) is 2.61. The van der Waals surface area contributed by atoms with E-state index in [0.29, 0.717) is 23.4 Å². The molecule has 6 heteroatoms. The number of esters is 1. The van der Waals surface area contributed by atoms with Gasteiger partial charge < -0.3 is 14.8 Å². The molecule has 1 amide bonds. The van der Waals surface area contributed by atoms with Crippen LogP contribution in [0.4, 0.5) is 10.1 Å². The number of hydrogen-bond donors (Lipinski definition) is 1. The topological polar surface area (TPSA) is 64.6 Å². The summed E-state index contributed by atoms with van der Waals surface area (Å²) in [7, 11) is 1.30. The molecule has 1 unspecified atom stereocenters. The second-order valence-electron chi connectivity index (χ2n) is 5.03. The van der Waals surface area contributed by atoms with E-state index >= 15 is 0 Å². The number of halogens is 1. The lowest BCUT2D eigenvalue weighted by Gasteiger charge is -2.17. The van der Waals surface area contributed by atoms with Crippen molar-refractivity contribution in [1.29, 1.82) is 0 Å². The molecule has 5 nitrogen and oxygen atoms in total. The SMILES string of the molecule is CCC(Oc1ccc(F)cc1)C(=O)Nc1ccc(C(=O)OC)cc1. The molecule has 0 heterocycles. The maximum atomic E-state index is 12.9. The maximum Gasteiger partial charge on any atom is 0.337 e. The van der Waals surface area contributed by atoms with Crippen molar-refractivity contribution in [3.05, 3.63) is 59.9 Å². The zero-order valence-electron chi connectivity index (χ0n) is 13.4. The molecule has 1 N–H and O–H groups in total. The third kappa shape index (κ3) is 4.55. The van der Waals surface area contributed by atoms with Crippen LogP contribution < -0.4 is 10.1 Å². The number of hydrogen-bond acceptors (Lipinski definition) is 4. The molecular weight excluding hydrogens is 313 g/mol. The molecule has 24 heavy (non-hydrogen) atoms. The van der Waals surface area contributed by atoms with Gasteiger partial charge >= 0.3 is 5.97 Å². The first kappa shape index (κ1) is 17.5. The number of carbonyl (C=O) groups excluding carboxylic acids is 2. The first-order valence-electron chi connectivity index (χ1n) is 7.45. The lowest BCUT2D eigenvalue weighted by Crippen LogP contribution is -2.32. The van der Waals surface area contributed by atoms with Crippen molar-refractivity contribution in [3.8, 4) is 5.75 Å². The molecule has 126 valence electrons. The molecule has 0 aliphatic rings. The van der Waals surface area contributed by atoms with E-state index < -0.39 is 12.1 Å². The van der Waals surface area contributed by atoms with E-state index in [2.05, 4.69) is 10.1 Å². The van der Waals surface area contributed by atoms with Gasteiger partial charge in [0.15, 0.2) is 6.10 Å². The summed E-state index contributed by atoms with van der Waals surface area (Å²) in [6.07, 6.45) is -0.264. The van der Waals surface area contributed by atoms with Crippen LogP contribution in [0.15, 0.2) is 48.5 Å². The van der Waals surface area contributed by atoms with Gasteiger partial charge in [0.2, 0.25) is 0 Å². The third-order valence-corrected chi connectivity index (χ3v) is 3.33. The van der Waals surface area contributed by atoms with Gasteiger partial charge in [0.05, 0.1) is 12.7 Å². The average molecular weight is 331 g/mol. The summed E-state index contributed by atoms with van der Waals surface area (Å²) in [6.45, 7) is 1.81. The Balaban J connectivity index is 2.00. The molecule has 2 rings (SSSR count). The number of nitrogens with one attached hydrogen (secondary N) is 1. The Morgan fingerprint density at radius 3 is 2.25 bits per heavy atom. The highest BCUT2D eigenvalue weighted by Crippen LogP contribution is 2.16. The Morgan fingerprint density at radius 1 is 1.08 bits per heavy atom. The molecule has 0 saturated carbocycles. The summed E-state index contributed by atoms with van der Waals surface area (Å²) in [6, 6.07) is 11.8. The molecule has 0 bridgehead atoms. The van der Waals surface area contributed by atoms with Crippen LogP contribution in [0.2, 0.25) is 0 Å². The van der Waals surface area contributed by atoms with Crippen LogP contribution in [0, 0.1) is 5.82 Å². The fourth-order valence-electron chi connectivity index (χ4n) is 2.03. The van der Waals surface area contributed by atoms with Crippen molar-refractivity contribution < 1.29 is 23.5 Å². The van der Waals surface area contributed by atoms with Crippen molar-refractivity contribution in [2.45, 2.75) is 19.4 Å². The summed E-state index contributed by atoms with van der Waals surface area (Å²) in [5.41, 5.74) is 0.930. The number of amides is 1. The fourth-order valence-corrected chi connectivity index (χ4v) is 2.03. The molecule has 0 spiro atoms. The van der Waals surface area contributed by atoms with Gasteiger partial charge in [-0.05, 0) is 55.0 Å². The van der Waals surface area contributed by atoms with Crippen LogP contribution in [0.3, 0.4) is 0 Å². The number of ether oxygens (including phenoxy) is 2. The molecule has 0 aromatic heterocycles. The van der Waals surface area contributed by atoms with Crippen molar-refractivity contribution in [3.63, 3.8) is 0 Å². The summed E-state index contributed by atoms with van der Waals surface area (Å²) in [4.78, 5) is 23.7. The van der Waals surface area contributed by atoms with E-state index in [1.54, 1.807) is 24.3 Å². The van der Waals surface area contributed by atoms with Crippen molar-refractivity contribution in [2.24, 2.45) is 0 Å². The number of carbonyl (C=O) groups is 2. The zero-order valence-corrected chi connectivity index (χ0v) is 13.4. The van der Waals surface area contributed by atoms with Gasteiger partial charge in [-0.25, -0.2) is 9.18 Å².